The highest BCUT2D eigenvalue weighted by atomic mass is 16.5. The van der Waals surface area contributed by atoms with E-state index in [2.05, 4.69) is 0 Å². The number of hydrogen-bond acceptors (Lipinski definition) is 6. The Kier molecular flexibility index (Phi) is 6.69. The Hall–Kier alpha value is -3.00. The van der Waals surface area contributed by atoms with E-state index in [0.29, 0.717) is 50.6 Å². The van der Waals surface area contributed by atoms with Crippen molar-refractivity contribution in [1.82, 2.24) is 14.9 Å². The number of carbonyl (C=O) groups excluding carboxylic acids is 2. The van der Waals surface area contributed by atoms with Gasteiger partial charge < -0.3 is 14.4 Å². The summed E-state index contributed by atoms with van der Waals surface area (Å²) >= 11 is 0. The number of para-hydroxylation sites is 1. The van der Waals surface area contributed by atoms with Crippen LogP contribution in [0.25, 0.3) is 0 Å². The second kappa shape index (κ2) is 9.65. The van der Waals surface area contributed by atoms with Crippen LogP contribution in [0.1, 0.15) is 54.4 Å². The van der Waals surface area contributed by atoms with Gasteiger partial charge in [-0.15, -0.1) is 0 Å². The minimum Gasteiger partial charge on any atom is -0.496 e. The molecule has 2 aliphatic heterocycles. The van der Waals surface area contributed by atoms with Gasteiger partial charge in [0.25, 0.3) is 0 Å². The van der Waals surface area contributed by atoms with Crippen LogP contribution in [-0.2, 0) is 27.3 Å². The third-order valence-electron chi connectivity index (χ3n) is 6.27. The van der Waals surface area contributed by atoms with Gasteiger partial charge >= 0.3 is 0 Å². The van der Waals surface area contributed by atoms with Gasteiger partial charge in [0, 0.05) is 36.9 Å². The van der Waals surface area contributed by atoms with E-state index < -0.39 is 0 Å². The van der Waals surface area contributed by atoms with Crippen molar-refractivity contribution in [3.63, 3.8) is 0 Å². The first-order valence-electron chi connectivity index (χ1n) is 11.1. The summed E-state index contributed by atoms with van der Waals surface area (Å²) in [6, 6.07) is 7.53. The molecule has 3 heterocycles. The number of ether oxygens (including phenoxy) is 2. The first-order valence-corrected chi connectivity index (χ1v) is 11.1. The molecule has 0 unspecified atom stereocenters. The van der Waals surface area contributed by atoms with Crippen molar-refractivity contribution in [2.45, 2.75) is 51.6 Å². The van der Waals surface area contributed by atoms with Crippen LogP contribution in [0, 0.1) is 6.92 Å². The van der Waals surface area contributed by atoms with Crippen molar-refractivity contribution in [1.29, 1.82) is 0 Å². The van der Waals surface area contributed by atoms with E-state index in [1.54, 1.807) is 19.1 Å². The quantitative estimate of drug-likeness (QED) is 0.661. The lowest BCUT2D eigenvalue weighted by Gasteiger charge is -2.31. The average molecular weight is 439 g/mol. The molecule has 32 heavy (non-hydrogen) atoms. The Balaban J connectivity index is 1.68. The van der Waals surface area contributed by atoms with Crippen LogP contribution in [0.15, 0.2) is 24.3 Å². The van der Waals surface area contributed by atoms with Crippen LogP contribution in [0.4, 0.5) is 5.82 Å². The highest BCUT2D eigenvalue weighted by molar-refractivity contribution is 5.95. The van der Waals surface area contributed by atoms with Gasteiger partial charge in [0.05, 0.1) is 32.7 Å². The zero-order valence-electron chi connectivity index (χ0n) is 19.0. The molecule has 4 rings (SSSR count). The second-order valence-corrected chi connectivity index (χ2v) is 8.25. The maximum absolute atomic E-state index is 12.9. The highest BCUT2D eigenvalue weighted by Crippen LogP contribution is 2.36. The monoisotopic (exact) mass is 438 g/mol. The smallest absolute Gasteiger partial charge is 0.228 e. The summed E-state index contributed by atoms with van der Waals surface area (Å²) in [6.07, 6.45) is 3.13. The zero-order chi connectivity index (χ0) is 22.7. The van der Waals surface area contributed by atoms with Gasteiger partial charge in [0.15, 0.2) is 5.82 Å². The lowest BCUT2D eigenvalue weighted by molar-refractivity contribution is -0.133. The van der Waals surface area contributed by atoms with Crippen LogP contribution >= 0.6 is 0 Å². The van der Waals surface area contributed by atoms with Gasteiger partial charge in [0.1, 0.15) is 11.6 Å². The largest absolute Gasteiger partial charge is 0.496 e. The van der Waals surface area contributed by atoms with Crippen molar-refractivity contribution in [3.05, 3.63) is 46.9 Å². The van der Waals surface area contributed by atoms with E-state index >= 15 is 0 Å². The first-order chi connectivity index (χ1) is 15.5. The lowest BCUT2D eigenvalue weighted by atomic mass is 10.0. The number of hydrogen-bond donors (Lipinski definition) is 0. The molecule has 170 valence electrons. The summed E-state index contributed by atoms with van der Waals surface area (Å²) in [5.41, 5.74) is 2.79. The molecule has 1 fully saturated rings. The molecule has 1 saturated heterocycles. The third kappa shape index (κ3) is 4.32. The van der Waals surface area contributed by atoms with Gasteiger partial charge in [-0.25, -0.2) is 9.97 Å². The second-order valence-electron chi connectivity index (χ2n) is 8.25. The molecular weight excluding hydrogens is 408 g/mol. The number of benzene rings is 1. The molecule has 0 bridgehead atoms. The number of carbonyl (C=O) groups is 2. The third-order valence-corrected chi connectivity index (χ3v) is 6.27. The number of anilines is 1. The first kappa shape index (κ1) is 22.2. The molecule has 2 aliphatic rings. The molecule has 0 spiro atoms. The molecule has 1 aromatic heterocycles. The van der Waals surface area contributed by atoms with E-state index in [0.717, 1.165) is 35.4 Å². The molecule has 2 aromatic rings. The van der Waals surface area contributed by atoms with E-state index in [1.807, 2.05) is 36.1 Å². The number of aromatic nitrogens is 2. The topological polar surface area (TPSA) is 84.9 Å². The molecule has 0 N–H and O–H groups in total. The number of fused-ring (bicyclic) bond motifs is 1. The van der Waals surface area contributed by atoms with Gasteiger partial charge in [-0.3, -0.25) is 14.5 Å². The molecule has 0 saturated carbocycles. The lowest BCUT2D eigenvalue weighted by Crippen LogP contribution is -2.37. The fourth-order valence-electron chi connectivity index (χ4n) is 4.59. The van der Waals surface area contributed by atoms with Gasteiger partial charge in [-0.05, 0) is 32.3 Å². The Morgan fingerprint density at radius 3 is 2.78 bits per heavy atom. The maximum atomic E-state index is 12.9. The van der Waals surface area contributed by atoms with E-state index in [4.69, 9.17) is 19.4 Å². The summed E-state index contributed by atoms with van der Waals surface area (Å²) < 4.78 is 10.6. The highest BCUT2D eigenvalue weighted by Gasteiger charge is 2.35. The zero-order valence-corrected chi connectivity index (χ0v) is 19.0. The van der Waals surface area contributed by atoms with Crippen LogP contribution in [0.5, 0.6) is 5.75 Å². The molecule has 1 aromatic carbocycles. The van der Waals surface area contributed by atoms with E-state index in [9.17, 15) is 9.59 Å². The number of aryl methyl sites for hydroxylation is 1. The summed E-state index contributed by atoms with van der Waals surface area (Å²) in [6.45, 7) is 3.43. The normalized spacial score (nSPS) is 18.1. The Morgan fingerprint density at radius 1 is 1.19 bits per heavy atom. The average Bonchev–Trinajstić information content (AvgIpc) is 3.29. The summed E-state index contributed by atoms with van der Waals surface area (Å²) in [5, 5.41) is 0. The van der Waals surface area contributed by atoms with Crippen LogP contribution in [0.3, 0.4) is 0 Å². The van der Waals surface area contributed by atoms with E-state index in [-0.39, 0.29) is 17.9 Å². The molecule has 1 atom stereocenters. The predicted molar refractivity (Wildman–Crippen MR) is 119 cm³/mol. The number of methoxy groups -OCH3 is 2. The molecule has 0 aliphatic carbocycles. The van der Waals surface area contributed by atoms with E-state index in [1.165, 1.54) is 0 Å². The number of nitrogens with zero attached hydrogens (tertiary/aromatic N) is 4. The van der Waals surface area contributed by atoms with Gasteiger partial charge in [-0.2, -0.15) is 0 Å². The predicted octanol–water partition coefficient (Wildman–Crippen LogP) is 2.97. The minimum atomic E-state index is -0.173. The van der Waals surface area contributed by atoms with Crippen LogP contribution in [0.2, 0.25) is 0 Å². The number of amides is 2. The van der Waals surface area contributed by atoms with Crippen molar-refractivity contribution in [3.8, 4) is 5.75 Å². The standard InChI is InChI=1S/C24H30N4O4/c1-16-18-10-11-21(29)28(15-17-7-4-5-9-20(17)32-3)24(18)26-23(25-16)19-8-6-13-27(19)22(30)12-14-31-2/h4-5,7,9,19H,6,8,10-15H2,1-3H3/t19-/m1/s1. The van der Waals surface area contributed by atoms with Gasteiger partial charge in [-0.1, -0.05) is 18.2 Å². The Morgan fingerprint density at radius 2 is 2.00 bits per heavy atom. The fraction of sp³-hybridized carbons (Fsp3) is 0.500. The fourth-order valence-corrected chi connectivity index (χ4v) is 4.59. The molecule has 8 nitrogen and oxygen atoms in total. The number of rotatable bonds is 7. The van der Waals surface area contributed by atoms with Crippen LogP contribution < -0.4 is 9.64 Å². The van der Waals surface area contributed by atoms with Crippen molar-refractivity contribution in [2.75, 3.05) is 32.3 Å². The van der Waals surface area contributed by atoms with Crippen molar-refractivity contribution < 1.29 is 19.1 Å². The summed E-state index contributed by atoms with van der Waals surface area (Å²) in [5.74, 6) is 2.10. The number of likely N-dealkylation sites (tertiary alicyclic amines) is 1. The molecular formula is C24H30N4O4. The van der Waals surface area contributed by atoms with Crippen molar-refractivity contribution in [2.24, 2.45) is 0 Å². The SMILES string of the molecule is COCCC(=O)N1CCC[C@@H]1c1nc(C)c2c(n1)N(Cc1ccccc1OC)C(=O)CC2. The van der Waals surface area contributed by atoms with Crippen LogP contribution in [-0.4, -0.2) is 54.1 Å². The summed E-state index contributed by atoms with van der Waals surface area (Å²) in [7, 11) is 3.22. The minimum absolute atomic E-state index is 0.0342. The molecule has 0 radical (unpaired) electrons. The van der Waals surface area contributed by atoms with Gasteiger partial charge in [0.2, 0.25) is 11.8 Å². The summed E-state index contributed by atoms with van der Waals surface area (Å²) in [4.78, 5) is 38.9. The van der Waals surface area contributed by atoms with Crippen molar-refractivity contribution >= 4 is 17.6 Å². The Bertz CT molecular complexity index is 1010. The molecule has 8 heteroatoms. The Labute approximate surface area is 188 Å². The maximum Gasteiger partial charge on any atom is 0.228 e. The molecule has 2 amide bonds.